The zero-order chi connectivity index (χ0) is 17.2. The highest BCUT2D eigenvalue weighted by atomic mass is 16.5. The normalized spacial score (nSPS) is 17.1. The van der Waals surface area contributed by atoms with Crippen LogP contribution in [0.1, 0.15) is 24.1 Å². The van der Waals surface area contributed by atoms with Gasteiger partial charge in [0.15, 0.2) is 11.5 Å². The Bertz CT molecular complexity index is 851. The molecule has 0 aliphatic carbocycles. The Kier molecular flexibility index (Phi) is 4.23. The van der Waals surface area contributed by atoms with Crippen LogP contribution >= 0.6 is 0 Å². The largest absolute Gasteiger partial charge is 0.463 e. The molecule has 1 fully saturated rings. The number of furan rings is 1. The van der Waals surface area contributed by atoms with E-state index in [1.165, 1.54) is 0 Å². The van der Waals surface area contributed by atoms with Crippen molar-refractivity contribution in [1.29, 1.82) is 0 Å². The van der Waals surface area contributed by atoms with Gasteiger partial charge in [-0.25, -0.2) is 9.97 Å². The number of anilines is 1. The van der Waals surface area contributed by atoms with Crippen molar-refractivity contribution < 1.29 is 13.7 Å². The highest BCUT2D eigenvalue weighted by Crippen LogP contribution is 2.33. The van der Waals surface area contributed by atoms with Crippen LogP contribution in [-0.4, -0.2) is 34.4 Å². The minimum atomic E-state index is 0.217. The number of rotatable bonds is 5. The molecule has 1 atom stereocenters. The summed E-state index contributed by atoms with van der Waals surface area (Å²) in [6, 6.07) is 3.70. The van der Waals surface area contributed by atoms with Crippen LogP contribution in [0.25, 0.3) is 22.8 Å². The third kappa shape index (κ3) is 3.15. The zero-order valence-electron chi connectivity index (χ0n) is 14.3. The molecule has 130 valence electrons. The molecule has 25 heavy (non-hydrogen) atoms. The third-order valence-corrected chi connectivity index (χ3v) is 4.46. The van der Waals surface area contributed by atoms with E-state index < -0.39 is 0 Å². The highest BCUT2D eigenvalue weighted by molar-refractivity contribution is 5.77. The number of aromatic nitrogens is 3. The van der Waals surface area contributed by atoms with E-state index in [1.807, 2.05) is 26.0 Å². The molecule has 4 heterocycles. The van der Waals surface area contributed by atoms with Crippen molar-refractivity contribution in [1.82, 2.24) is 15.1 Å². The average molecular weight is 340 g/mol. The molecule has 0 aromatic carbocycles. The van der Waals surface area contributed by atoms with E-state index in [9.17, 15) is 0 Å². The van der Waals surface area contributed by atoms with Crippen molar-refractivity contribution in [3.63, 3.8) is 0 Å². The Balaban J connectivity index is 1.68. The Morgan fingerprint density at radius 3 is 2.92 bits per heavy atom. The van der Waals surface area contributed by atoms with Crippen LogP contribution in [0.2, 0.25) is 0 Å². The van der Waals surface area contributed by atoms with Gasteiger partial charge in [-0.15, -0.1) is 0 Å². The number of hydrogen-bond acceptors (Lipinski definition) is 7. The molecule has 0 radical (unpaired) electrons. The quantitative estimate of drug-likeness (QED) is 0.759. The van der Waals surface area contributed by atoms with Gasteiger partial charge in [0.25, 0.3) is 0 Å². The fraction of sp³-hybridized carbons (Fsp3) is 0.389. The molecule has 4 rings (SSSR count). The van der Waals surface area contributed by atoms with Crippen LogP contribution in [0.4, 0.5) is 5.95 Å². The molecule has 0 saturated carbocycles. The molecule has 1 aliphatic heterocycles. The van der Waals surface area contributed by atoms with Gasteiger partial charge < -0.3 is 19.0 Å². The summed E-state index contributed by atoms with van der Waals surface area (Å²) in [6.07, 6.45) is 5.75. The Morgan fingerprint density at radius 1 is 1.32 bits per heavy atom. The van der Waals surface area contributed by atoms with Gasteiger partial charge >= 0.3 is 0 Å². The predicted octanol–water partition coefficient (Wildman–Crippen LogP) is 3.60. The number of hydrogen-bond donors (Lipinski definition) is 1. The molecular formula is C18H20N4O3. The van der Waals surface area contributed by atoms with Gasteiger partial charge in [0.1, 0.15) is 5.69 Å². The molecule has 3 aromatic rings. The summed E-state index contributed by atoms with van der Waals surface area (Å²) in [6.45, 7) is 5.40. The minimum Gasteiger partial charge on any atom is -0.463 e. The van der Waals surface area contributed by atoms with Gasteiger partial charge in [-0.1, -0.05) is 5.16 Å². The van der Waals surface area contributed by atoms with E-state index in [4.69, 9.17) is 13.7 Å². The lowest BCUT2D eigenvalue weighted by molar-refractivity contribution is 0.120. The summed E-state index contributed by atoms with van der Waals surface area (Å²) < 4.78 is 16.7. The van der Waals surface area contributed by atoms with Gasteiger partial charge in [-0.05, 0) is 38.8 Å². The summed E-state index contributed by atoms with van der Waals surface area (Å²) in [5.74, 6) is 1.86. The number of aryl methyl sites for hydroxylation is 1. The number of ether oxygens (including phenoxy) is 1. The third-order valence-electron chi connectivity index (χ3n) is 4.46. The summed E-state index contributed by atoms with van der Waals surface area (Å²) in [7, 11) is 0. The van der Waals surface area contributed by atoms with Crippen LogP contribution < -0.4 is 5.32 Å². The topological polar surface area (TPSA) is 86.2 Å². The maximum atomic E-state index is 5.63. The first-order valence-corrected chi connectivity index (χ1v) is 8.42. The molecule has 0 amide bonds. The van der Waals surface area contributed by atoms with Gasteiger partial charge in [0, 0.05) is 24.9 Å². The minimum absolute atomic E-state index is 0.217. The fourth-order valence-corrected chi connectivity index (χ4v) is 2.91. The average Bonchev–Trinajstić information content (AvgIpc) is 3.37. The zero-order valence-corrected chi connectivity index (χ0v) is 14.3. The Hall–Kier alpha value is -2.67. The molecule has 7 heteroatoms. The lowest BCUT2D eigenvalue weighted by Crippen LogP contribution is -2.19. The maximum absolute atomic E-state index is 5.63. The van der Waals surface area contributed by atoms with Crippen molar-refractivity contribution in [3.8, 4) is 22.8 Å². The highest BCUT2D eigenvalue weighted by Gasteiger charge is 2.21. The van der Waals surface area contributed by atoms with Crippen molar-refractivity contribution in [3.05, 3.63) is 35.9 Å². The molecule has 1 N–H and O–H groups in total. The van der Waals surface area contributed by atoms with Crippen LogP contribution in [-0.2, 0) is 4.74 Å². The van der Waals surface area contributed by atoms with Crippen LogP contribution in [0.5, 0.6) is 0 Å². The molecular weight excluding hydrogens is 320 g/mol. The SMILES string of the molecule is Cc1noc(-c2cnc(NC[C@@H]3CCCO3)nc2-c2ccco2)c1C. The van der Waals surface area contributed by atoms with Crippen molar-refractivity contribution in [2.45, 2.75) is 32.8 Å². The predicted molar refractivity (Wildman–Crippen MR) is 92.2 cm³/mol. The molecule has 0 spiro atoms. The van der Waals surface area contributed by atoms with Gasteiger partial charge in [-0.3, -0.25) is 0 Å². The lowest BCUT2D eigenvalue weighted by Gasteiger charge is -2.12. The van der Waals surface area contributed by atoms with E-state index in [-0.39, 0.29) is 6.10 Å². The van der Waals surface area contributed by atoms with Crippen LogP contribution in [0.15, 0.2) is 33.5 Å². The molecule has 0 bridgehead atoms. The molecule has 7 nitrogen and oxygen atoms in total. The van der Waals surface area contributed by atoms with Crippen molar-refractivity contribution >= 4 is 5.95 Å². The Morgan fingerprint density at radius 2 is 2.24 bits per heavy atom. The first kappa shape index (κ1) is 15.8. The van der Waals surface area contributed by atoms with Crippen LogP contribution in [0.3, 0.4) is 0 Å². The van der Waals surface area contributed by atoms with E-state index in [1.54, 1.807) is 12.5 Å². The molecule has 1 saturated heterocycles. The Labute approximate surface area is 145 Å². The molecule has 1 aliphatic rings. The second-order valence-corrected chi connectivity index (χ2v) is 6.17. The van der Waals surface area contributed by atoms with Crippen molar-refractivity contribution in [2.24, 2.45) is 0 Å². The van der Waals surface area contributed by atoms with Gasteiger partial charge in [0.2, 0.25) is 5.95 Å². The summed E-state index contributed by atoms with van der Waals surface area (Å²) in [5, 5.41) is 7.29. The molecule has 0 unspecified atom stereocenters. The van der Waals surface area contributed by atoms with Gasteiger partial charge in [0.05, 0.1) is 23.6 Å². The summed E-state index contributed by atoms with van der Waals surface area (Å²) in [4.78, 5) is 9.07. The van der Waals surface area contributed by atoms with Gasteiger partial charge in [-0.2, -0.15) is 0 Å². The first-order valence-electron chi connectivity index (χ1n) is 8.42. The lowest BCUT2D eigenvalue weighted by atomic mass is 10.1. The monoisotopic (exact) mass is 340 g/mol. The number of nitrogens with zero attached hydrogens (tertiary/aromatic N) is 3. The van der Waals surface area contributed by atoms with Crippen LogP contribution in [0, 0.1) is 13.8 Å². The standard InChI is InChI=1S/C18H20N4O3/c1-11-12(2)22-25-17(11)14-10-20-18(19-9-13-5-3-7-23-13)21-16(14)15-6-4-8-24-15/h4,6,8,10,13H,3,5,7,9H2,1-2H3,(H,19,20,21)/t13-/m0/s1. The first-order chi connectivity index (χ1) is 12.2. The smallest absolute Gasteiger partial charge is 0.223 e. The number of nitrogens with one attached hydrogen (secondary N) is 1. The van der Waals surface area contributed by atoms with E-state index in [0.29, 0.717) is 29.7 Å². The fourth-order valence-electron chi connectivity index (χ4n) is 2.91. The van der Waals surface area contributed by atoms with E-state index >= 15 is 0 Å². The summed E-state index contributed by atoms with van der Waals surface area (Å²) in [5.41, 5.74) is 3.25. The van der Waals surface area contributed by atoms with E-state index in [0.717, 1.165) is 36.3 Å². The second-order valence-electron chi connectivity index (χ2n) is 6.17. The van der Waals surface area contributed by atoms with Crippen molar-refractivity contribution in [2.75, 3.05) is 18.5 Å². The van der Waals surface area contributed by atoms with E-state index in [2.05, 4.69) is 20.4 Å². The second kappa shape index (κ2) is 6.68. The summed E-state index contributed by atoms with van der Waals surface area (Å²) >= 11 is 0. The maximum Gasteiger partial charge on any atom is 0.223 e. The molecule has 3 aromatic heterocycles.